The molecule has 8 nitrogen and oxygen atoms in total. The summed E-state index contributed by atoms with van der Waals surface area (Å²) >= 11 is 0. The van der Waals surface area contributed by atoms with Gasteiger partial charge in [-0.05, 0) is 6.07 Å². The van der Waals surface area contributed by atoms with Crippen molar-refractivity contribution < 1.29 is 20.1 Å². The van der Waals surface area contributed by atoms with E-state index in [1.165, 1.54) is 23.1 Å². The quantitative estimate of drug-likeness (QED) is 0.516. The van der Waals surface area contributed by atoms with E-state index < -0.39 is 23.7 Å². The Morgan fingerprint density at radius 1 is 1.47 bits per heavy atom. The Labute approximate surface area is 93.8 Å². The van der Waals surface area contributed by atoms with Gasteiger partial charge in [-0.2, -0.15) is 5.10 Å². The minimum Gasteiger partial charge on any atom is -0.479 e. The number of aliphatic hydroxyl groups is 2. The standard InChI is InChI=1S/C9H9N3O5/c13-6(7(14)9(16)17)4-1-5-8(15)10-3-11-12(5)2-4/h1-3,6-7,13-14H,(H,16,17)(H,10,11,15). The Bertz CT molecular complexity index is 616. The van der Waals surface area contributed by atoms with Crippen molar-refractivity contribution in [2.75, 3.05) is 0 Å². The molecule has 0 aliphatic heterocycles. The first-order valence-corrected chi connectivity index (χ1v) is 4.65. The number of aliphatic hydroxyl groups excluding tert-OH is 2. The Balaban J connectivity index is 2.47. The van der Waals surface area contributed by atoms with Crippen molar-refractivity contribution in [2.24, 2.45) is 0 Å². The molecular formula is C9H9N3O5. The van der Waals surface area contributed by atoms with Gasteiger partial charge in [0.25, 0.3) is 5.56 Å². The molecule has 2 unspecified atom stereocenters. The molecular weight excluding hydrogens is 230 g/mol. The molecule has 17 heavy (non-hydrogen) atoms. The molecule has 2 aromatic rings. The molecule has 0 saturated heterocycles. The first-order valence-electron chi connectivity index (χ1n) is 4.65. The normalized spacial score (nSPS) is 14.7. The van der Waals surface area contributed by atoms with Crippen LogP contribution in [0.1, 0.15) is 11.7 Å². The number of rotatable bonds is 3. The topological polar surface area (TPSA) is 128 Å². The molecule has 2 aromatic heterocycles. The highest BCUT2D eigenvalue weighted by Gasteiger charge is 2.26. The number of fused-ring (bicyclic) bond motifs is 1. The van der Waals surface area contributed by atoms with Crippen LogP contribution in [0.3, 0.4) is 0 Å². The maximum Gasteiger partial charge on any atom is 0.335 e. The van der Waals surface area contributed by atoms with Gasteiger partial charge in [0.05, 0.1) is 0 Å². The molecule has 2 heterocycles. The van der Waals surface area contributed by atoms with Crippen molar-refractivity contribution >= 4 is 11.5 Å². The van der Waals surface area contributed by atoms with Crippen LogP contribution in [0.5, 0.6) is 0 Å². The molecule has 0 spiro atoms. The van der Waals surface area contributed by atoms with E-state index in [-0.39, 0.29) is 11.1 Å². The van der Waals surface area contributed by atoms with Crippen LogP contribution in [0.25, 0.3) is 5.52 Å². The van der Waals surface area contributed by atoms with Gasteiger partial charge in [-0.1, -0.05) is 0 Å². The highest BCUT2D eigenvalue weighted by molar-refractivity contribution is 5.73. The molecule has 0 saturated carbocycles. The van der Waals surface area contributed by atoms with E-state index in [2.05, 4.69) is 10.1 Å². The molecule has 2 rings (SSSR count). The maximum atomic E-state index is 11.3. The fourth-order valence-corrected chi connectivity index (χ4v) is 1.44. The van der Waals surface area contributed by atoms with E-state index in [0.717, 1.165) is 0 Å². The summed E-state index contributed by atoms with van der Waals surface area (Å²) in [6.07, 6.45) is -1.12. The summed E-state index contributed by atoms with van der Waals surface area (Å²) in [6, 6.07) is 1.27. The second kappa shape index (κ2) is 4.00. The lowest BCUT2D eigenvalue weighted by Crippen LogP contribution is -2.27. The summed E-state index contributed by atoms with van der Waals surface area (Å²) in [5.74, 6) is -1.55. The van der Waals surface area contributed by atoms with Crippen LogP contribution in [-0.2, 0) is 4.79 Å². The van der Waals surface area contributed by atoms with Crippen LogP contribution in [0.4, 0.5) is 0 Å². The highest BCUT2D eigenvalue weighted by atomic mass is 16.4. The number of aliphatic carboxylic acids is 1. The van der Waals surface area contributed by atoms with E-state index in [0.29, 0.717) is 0 Å². The van der Waals surface area contributed by atoms with Gasteiger partial charge in [0.15, 0.2) is 6.10 Å². The fraction of sp³-hybridized carbons (Fsp3) is 0.222. The molecule has 8 heteroatoms. The summed E-state index contributed by atoms with van der Waals surface area (Å²) in [4.78, 5) is 24.2. The molecule has 4 N–H and O–H groups in total. The molecule has 0 amide bonds. The van der Waals surface area contributed by atoms with Crippen molar-refractivity contribution in [3.05, 3.63) is 34.5 Å². The number of H-pyrrole nitrogens is 1. The summed E-state index contributed by atoms with van der Waals surface area (Å²) in [5.41, 5.74) is -0.175. The van der Waals surface area contributed by atoms with Gasteiger partial charge >= 0.3 is 5.97 Å². The second-order valence-electron chi connectivity index (χ2n) is 3.45. The average Bonchev–Trinajstić information content (AvgIpc) is 2.72. The number of carbonyl (C=O) groups is 1. The Morgan fingerprint density at radius 3 is 2.76 bits per heavy atom. The third-order valence-electron chi connectivity index (χ3n) is 2.33. The lowest BCUT2D eigenvalue weighted by molar-refractivity contribution is -0.153. The lowest BCUT2D eigenvalue weighted by atomic mass is 10.1. The molecule has 0 aromatic carbocycles. The monoisotopic (exact) mass is 239 g/mol. The fourth-order valence-electron chi connectivity index (χ4n) is 1.44. The zero-order valence-electron chi connectivity index (χ0n) is 8.44. The number of hydrogen-bond donors (Lipinski definition) is 4. The SMILES string of the molecule is O=C(O)C(O)C(O)c1cc2c(=O)[nH]cnn2c1. The largest absolute Gasteiger partial charge is 0.479 e. The summed E-state index contributed by atoms with van der Waals surface area (Å²) < 4.78 is 1.19. The number of nitrogens with one attached hydrogen (secondary N) is 1. The highest BCUT2D eigenvalue weighted by Crippen LogP contribution is 2.18. The van der Waals surface area contributed by atoms with Gasteiger partial charge in [0.2, 0.25) is 0 Å². The first-order chi connectivity index (χ1) is 8.00. The van der Waals surface area contributed by atoms with E-state index in [1.807, 2.05) is 0 Å². The van der Waals surface area contributed by atoms with E-state index in [9.17, 15) is 19.8 Å². The molecule has 2 atom stereocenters. The lowest BCUT2D eigenvalue weighted by Gasteiger charge is -2.11. The number of hydrogen-bond acceptors (Lipinski definition) is 5. The predicted octanol–water partition coefficient (Wildman–Crippen LogP) is -1.50. The van der Waals surface area contributed by atoms with Gasteiger partial charge in [0, 0.05) is 11.8 Å². The summed E-state index contributed by atoms with van der Waals surface area (Å²) in [7, 11) is 0. The third-order valence-corrected chi connectivity index (χ3v) is 2.33. The number of nitrogens with zero attached hydrogens (tertiary/aromatic N) is 2. The van der Waals surface area contributed by atoms with Crippen LogP contribution in [0.2, 0.25) is 0 Å². The number of carboxylic acid groups (broad SMARTS) is 1. The van der Waals surface area contributed by atoms with Crippen molar-refractivity contribution in [1.29, 1.82) is 0 Å². The minimum absolute atomic E-state index is 0.101. The van der Waals surface area contributed by atoms with Crippen LogP contribution in [-0.4, -0.2) is 42.0 Å². The van der Waals surface area contributed by atoms with E-state index >= 15 is 0 Å². The van der Waals surface area contributed by atoms with Crippen molar-refractivity contribution in [3.8, 4) is 0 Å². The van der Waals surface area contributed by atoms with Gasteiger partial charge < -0.3 is 20.3 Å². The van der Waals surface area contributed by atoms with Gasteiger partial charge in [-0.15, -0.1) is 0 Å². The molecule has 0 fully saturated rings. The van der Waals surface area contributed by atoms with Crippen LogP contribution in [0.15, 0.2) is 23.4 Å². The summed E-state index contributed by atoms with van der Waals surface area (Å²) in [5, 5.41) is 31.1. The van der Waals surface area contributed by atoms with Crippen molar-refractivity contribution in [3.63, 3.8) is 0 Å². The maximum absolute atomic E-state index is 11.3. The number of carboxylic acids is 1. The Morgan fingerprint density at radius 2 is 2.18 bits per heavy atom. The molecule has 0 bridgehead atoms. The average molecular weight is 239 g/mol. The van der Waals surface area contributed by atoms with Crippen LogP contribution in [0, 0.1) is 0 Å². The summed E-state index contributed by atoms with van der Waals surface area (Å²) in [6.45, 7) is 0. The van der Waals surface area contributed by atoms with E-state index in [1.54, 1.807) is 0 Å². The molecule has 90 valence electrons. The van der Waals surface area contributed by atoms with Gasteiger partial charge in [-0.3, -0.25) is 4.79 Å². The van der Waals surface area contributed by atoms with Gasteiger partial charge in [-0.25, -0.2) is 9.31 Å². The Kier molecular flexibility index (Phi) is 2.66. The van der Waals surface area contributed by atoms with Crippen molar-refractivity contribution in [2.45, 2.75) is 12.2 Å². The van der Waals surface area contributed by atoms with Crippen LogP contribution >= 0.6 is 0 Å². The molecule has 0 aliphatic rings. The third kappa shape index (κ3) is 1.90. The zero-order chi connectivity index (χ0) is 12.6. The number of aromatic amines is 1. The van der Waals surface area contributed by atoms with Crippen molar-refractivity contribution in [1.82, 2.24) is 14.6 Å². The van der Waals surface area contributed by atoms with Crippen LogP contribution < -0.4 is 5.56 Å². The minimum atomic E-state index is -1.95. The Hall–Kier alpha value is -2.19. The first kappa shape index (κ1) is 11.3. The van der Waals surface area contributed by atoms with E-state index in [4.69, 9.17) is 5.11 Å². The second-order valence-corrected chi connectivity index (χ2v) is 3.45. The predicted molar refractivity (Wildman–Crippen MR) is 54.4 cm³/mol. The molecule has 0 radical (unpaired) electrons. The van der Waals surface area contributed by atoms with Gasteiger partial charge in [0.1, 0.15) is 17.9 Å². The molecule has 0 aliphatic carbocycles. The smallest absolute Gasteiger partial charge is 0.335 e. The zero-order valence-corrected chi connectivity index (χ0v) is 8.44. The number of aromatic nitrogens is 3.